The number of H-pyrrole nitrogens is 1. The first kappa shape index (κ1) is 20.3. The molecule has 148 valence electrons. The Morgan fingerprint density at radius 1 is 1.21 bits per heavy atom. The van der Waals surface area contributed by atoms with E-state index in [9.17, 15) is 13.2 Å². The van der Waals surface area contributed by atoms with Gasteiger partial charge in [0.15, 0.2) is 0 Å². The molecular formula is C21H19N3O4S. The number of likely N-dealkylation sites (N-methyl/N-ethyl adjacent to an activating group) is 1. The number of fused-ring (bicyclic) bond motifs is 1. The molecule has 0 saturated carbocycles. The highest BCUT2D eigenvalue weighted by atomic mass is 32.2. The maximum Gasteiger partial charge on any atom is 0.277 e. The van der Waals surface area contributed by atoms with Crippen molar-refractivity contribution in [1.82, 2.24) is 10.0 Å². The summed E-state index contributed by atoms with van der Waals surface area (Å²) in [6, 6.07) is 13.1. The van der Waals surface area contributed by atoms with Gasteiger partial charge in [0.05, 0.1) is 23.6 Å². The maximum atomic E-state index is 13.4. The first-order valence-electron chi connectivity index (χ1n) is 8.59. The number of amides is 1. The summed E-state index contributed by atoms with van der Waals surface area (Å²) < 4.78 is 26.7. The number of nitrogens with one attached hydrogen (secondary N) is 1. The van der Waals surface area contributed by atoms with Crippen molar-refractivity contribution in [2.75, 3.05) is 14.2 Å². The number of carbonyl (C=O) groups excluding carboxylic acids is 1. The Bertz CT molecular complexity index is 1270. The van der Waals surface area contributed by atoms with E-state index >= 15 is 0 Å². The van der Waals surface area contributed by atoms with Gasteiger partial charge in [0.25, 0.3) is 5.91 Å². The molecule has 0 radical (unpaired) electrons. The Morgan fingerprint density at radius 3 is 2.45 bits per heavy atom. The molecule has 2 aromatic carbocycles. The summed E-state index contributed by atoms with van der Waals surface area (Å²) in [5.74, 6) is -0.585. The van der Waals surface area contributed by atoms with Gasteiger partial charge in [0.1, 0.15) is 5.03 Å². The number of benzene rings is 2. The Balaban J connectivity index is 2.31. The zero-order valence-electron chi connectivity index (χ0n) is 16.2. The van der Waals surface area contributed by atoms with E-state index in [0.717, 1.165) is 10.6 Å². The summed E-state index contributed by atoms with van der Waals surface area (Å²) in [6.45, 7) is 5.68. The smallest absolute Gasteiger partial charge is 0.277 e. The zero-order valence-corrected chi connectivity index (χ0v) is 17.0. The second-order valence-electron chi connectivity index (χ2n) is 6.48. The zero-order chi connectivity index (χ0) is 21.3. The predicted molar refractivity (Wildman–Crippen MR) is 108 cm³/mol. The van der Waals surface area contributed by atoms with Gasteiger partial charge in [-0.15, -0.1) is 0 Å². The normalized spacial score (nSPS) is 11.2. The second kappa shape index (κ2) is 7.54. The standard InChI is InChI=1S/C21H19N3O4S/c1-13-5-8-16(9-6-13)29(26,27)20-19(14(2)21(25)24(3)28-4)17-10-7-15(12-22)11-18(17)23-20/h5-11,23H,2H2,1,3-4H3. The van der Waals surface area contributed by atoms with E-state index in [2.05, 4.69) is 11.6 Å². The highest BCUT2D eigenvalue weighted by Crippen LogP contribution is 2.35. The van der Waals surface area contributed by atoms with E-state index in [1.807, 2.05) is 13.0 Å². The predicted octanol–water partition coefficient (Wildman–Crippen LogP) is 3.21. The number of nitrogens with zero attached hydrogens (tertiary/aromatic N) is 2. The quantitative estimate of drug-likeness (QED) is 0.515. The molecule has 7 nitrogen and oxygen atoms in total. The first-order valence-corrected chi connectivity index (χ1v) is 10.1. The molecule has 0 aliphatic heterocycles. The molecule has 0 aliphatic carbocycles. The molecule has 8 heteroatoms. The van der Waals surface area contributed by atoms with Crippen molar-refractivity contribution in [2.45, 2.75) is 16.8 Å². The van der Waals surface area contributed by atoms with Gasteiger partial charge in [-0.2, -0.15) is 5.26 Å². The van der Waals surface area contributed by atoms with Crippen LogP contribution in [0.5, 0.6) is 0 Å². The van der Waals surface area contributed by atoms with Gasteiger partial charge in [0, 0.05) is 29.1 Å². The average molecular weight is 409 g/mol. The number of sulfone groups is 1. The van der Waals surface area contributed by atoms with E-state index in [1.165, 1.54) is 32.4 Å². The number of carbonyl (C=O) groups is 1. The summed E-state index contributed by atoms with van der Waals surface area (Å²) in [7, 11) is -1.26. The van der Waals surface area contributed by atoms with Crippen LogP contribution in [0.15, 0.2) is 59.0 Å². The van der Waals surface area contributed by atoms with Crippen LogP contribution in [0.1, 0.15) is 16.7 Å². The van der Waals surface area contributed by atoms with Crippen molar-refractivity contribution in [2.24, 2.45) is 0 Å². The summed E-state index contributed by atoms with van der Waals surface area (Å²) >= 11 is 0. The summed E-state index contributed by atoms with van der Waals surface area (Å²) in [6.07, 6.45) is 0. The van der Waals surface area contributed by atoms with Gasteiger partial charge in [-0.05, 0) is 31.2 Å². The lowest BCUT2D eigenvalue weighted by atomic mass is 10.0. The fourth-order valence-corrected chi connectivity index (χ4v) is 4.43. The monoisotopic (exact) mass is 409 g/mol. The molecule has 0 fully saturated rings. The minimum atomic E-state index is -3.99. The molecule has 3 rings (SSSR count). The molecule has 1 aromatic heterocycles. The minimum Gasteiger partial charge on any atom is -0.345 e. The molecule has 0 saturated heterocycles. The Morgan fingerprint density at radius 2 is 1.86 bits per heavy atom. The van der Waals surface area contributed by atoms with E-state index < -0.39 is 15.7 Å². The Kier molecular flexibility index (Phi) is 5.29. The van der Waals surface area contributed by atoms with Crippen molar-refractivity contribution in [1.29, 1.82) is 5.26 Å². The van der Waals surface area contributed by atoms with Crippen LogP contribution in [-0.4, -0.2) is 38.5 Å². The average Bonchev–Trinajstić information content (AvgIpc) is 3.11. The van der Waals surface area contributed by atoms with Crippen molar-refractivity contribution in [3.8, 4) is 6.07 Å². The third-order valence-electron chi connectivity index (χ3n) is 4.61. The SMILES string of the molecule is C=C(C(=O)N(C)OC)c1c(S(=O)(=O)c2ccc(C)cc2)[nH]c2cc(C#N)ccc12. The molecule has 0 unspecified atom stereocenters. The van der Waals surface area contributed by atoms with Gasteiger partial charge < -0.3 is 4.98 Å². The number of hydroxylamine groups is 2. The third kappa shape index (κ3) is 3.53. The number of aromatic amines is 1. The molecule has 1 N–H and O–H groups in total. The highest BCUT2D eigenvalue weighted by Gasteiger charge is 2.30. The van der Waals surface area contributed by atoms with E-state index in [-0.39, 0.29) is 21.1 Å². The summed E-state index contributed by atoms with van der Waals surface area (Å²) in [5.41, 5.74) is 1.80. The Hall–Kier alpha value is -3.41. The number of rotatable bonds is 5. The summed E-state index contributed by atoms with van der Waals surface area (Å²) in [5, 5.41) is 10.4. The van der Waals surface area contributed by atoms with Gasteiger partial charge in [0.2, 0.25) is 9.84 Å². The molecule has 3 aromatic rings. The van der Waals surface area contributed by atoms with Crippen LogP contribution < -0.4 is 0 Å². The number of hydrogen-bond donors (Lipinski definition) is 1. The van der Waals surface area contributed by atoms with Gasteiger partial charge in [-0.1, -0.05) is 30.3 Å². The fraction of sp³-hybridized carbons (Fsp3) is 0.143. The Labute approximate surface area is 168 Å². The second-order valence-corrected chi connectivity index (χ2v) is 8.37. The van der Waals surface area contributed by atoms with E-state index in [4.69, 9.17) is 10.1 Å². The number of nitriles is 1. The van der Waals surface area contributed by atoms with Crippen LogP contribution in [0.4, 0.5) is 0 Å². The van der Waals surface area contributed by atoms with Crippen molar-refractivity contribution < 1.29 is 18.0 Å². The lowest BCUT2D eigenvalue weighted by molar-refractivity contribution is -0.161. The molecule has 1 amide bonds. The van der Waals surface area contributed by atoms with E-state index in [0.29, 0.717) is 16.5 Å². The first-order chi connectivity index (χ1) is 13.7. The van der Waals surface area contributed by atoms with Crippen LogP contribution in [0.25, 0.3) is 16.5 Å². The number of aryl methyl sites for hydroxylation is 1. The molecule has 0 spiro atoms. The molecule has 1 heterocycles. The van der Waals surface area contributed by atoms with Crippen LogP contribution in [0, 0.1) is 18.3 Å². The lowest BCUT2D eigenvalue weighted by Gasteiger charge is -2.16. The topological polar surface area (TPSA) is 103 Å². The highest BCUT2D eigenvalue weighted by molar-refractivity contribution is 7.91. The van der Waals surface area contributed by atoms with Gasteiger partial charge in [-0.3, -0.25) is 9.63 Å². The van der Waals surface area contributed by atoms with Crippen molar-refractivity contribution in [3.05, 3.63) is 65.7 Å². The number of hydrogen-bond acceptors (Lipinski definition) is 5. The van der Waals surface area contributed by atoms with Gasteiger partial charge >= 0.3 is 0 Å². The minimum absolute atomic E-state index is 0.0454. The molecule has 0 aliphatic rings. The molecule has 29 heavy (non-hydrogen) atoms. The largest absolute Gasteiger partial charge is 0.345 e. The maximum absolute atomic E-state index is 13.4. The van der Waals surface area contributed by atoms with Crippen LogP contribution in [-0.2, 0) is 19.5 Å². The fourth-order valence-electron chi connectivity index (χ4n) is 2.96. The number of aromatic nitrogens is 1. The molecular weight excluding hydrogens is 390 g/mol. The third-order valence-corrected chi connectivity index (χ3v) is 6.35. The van der Waals surface area contributed by atoms with Crippen LogP contribution in [0.3, 0.4) is 0 Å². The van der Waals surface area contributed by atoms with Gasteiger partial charge in [-0.25, -0.2) is 13.5 Å². The van der Waals surface area contributed by atoms with Crippen molar-refractivity contribution in [3.63, 3.8) is 0 Å². The van der Waals surface area contributed by atoms with Crippen molar-refractivity contribution >= 4 is 32.2 Å². The molecule has 0 atom stereocenters. The van der Waals surface area contributed by atoms with Crippen LogP contribution in [0.2, 0.25) is 0 Å². The van der Waals surface area contributed by atoms with E-state index in [1.54, 1.807) is 24.3 Å². The summed E-state index contributed by atoms with van der Waals surface area (Å²) in [4.78, 5) is 20.5. The lowest BCUT2D eigenvalue weighted by Crippen LogP contribution is -2.26. The molecule has 0 bridgehead atoms. The van der Waals surface area contributed by atoms with Crippen LogP contribution >= 0.6 is 0 Å².